The van der Waals surface area contributed by atoms with Crippen LogP contribution in [0.1, 0.15) is 215 Å². The summed E-state index contributed by atoms with van der Waals surface area (Å²) in [6, 6.07) is 52.0. The van der Waals surface area contributed by atoms with Gasteiger partial charge >= 0.3 is 36.9 Å². The van der Waals surface area contributed by atoms with Crippen LogP contribution in [0.2, 0.25) is 0 Å². The third-order valence-corrected chi connectivity index (χ3v) is 22.8. The number of halogens is 12. The van der Waals surface area contributed by atoms with Crippen LogP contribution >= 0.6 is 0 Å². The van der Waals surface area contributed by atoms with Crippen LogP contribution in [0.4, 0.5) is 73.8 Å². The average molecular weight is 2050 g/mol. The molecule has 16 rings (SSSR count). The zero-order chi connectivity index (χ0) is 108. The maximum absolute atomic E-state index is 13.8. The highest BCUT2D eigenvalue weighted by molar-refractivity contribution is 6.12. The number of hydrogen-bond acceptors (Lipinski definition) is 17. The minimum atomic E-state index is -4.67. The van der Waals surface area contributed by atoms with E-state index in [1.807, 2.05) is 121 Å². The Morgan fingerprint density at radius 2 is 0.793 bits per heavy atom. The van der Waals surface area contributed by atoms with E-state index in [0.717, 1.165) is 119 Å². The fourth-order valence-corrected chi connectivity index (χ4v) is 15.0. The summed E-state index contributed by atoms with van der Waals surface area (Å²) in [6.07, 6.45) is -4.50. The fraction of sp³-hybridized carbons (Fsp3) is 0.226. The first-order valence-corrected chi connectivity index (χ1v) is 46.7. The summed E-state index contributed by atoms with van der Waals surface area (Å²) in [6.45, 7) is 24.2. The number of carbonyl (C=O) groups excluding carboxylic acids is 6. The molecule has 10 aromatic heterocycles. The Balaban J connectivity index is 0.000000168. The predicted octanol–water partition coefficient (Wildman–Crippen LogP) is 24.2. The van der Waals surface area contributed by atoms with Gasteiger partial charge in [-0.25, -0.2) is 34.5 Å². The van der Waals surface area contributed by atoms with E-state index in [1.165, 1.54) is 48.7 Å². The Bertz CT molecular complexity index is 8090. The maximum atomic E-state index is 13.8. The van der Waals surface area contributed by atoms with Crippen LogP contribution in [-0.2, 0) is 53.4 Å². The number of fused-ring (bicyclic) bond motifs is 4. The summed E-state index contributed by atoms with van der Waals surface area (Å²) in [5.41, 5.74) is 6.80. The SMILES string of the molecule is CCN(CC)CCCOc1ccc(CC(=O)c2ccc(C)c(C#Cc3cnc4ccccn34)c2)cc1C(F)(F)F.Cc1ccc(C(=O)Cc2cc(C(F)(F)F)ccn2)cc1C#Cc1cnc2ccccn12.Cc1ccc(C(=O)Cc2ccc(C#N)c(C(F)(F)F)c2)cc1C#Cc1cnc2ccccn12.Cc1ccc(C(=O)Nc2cc(C(F)(F)F)ccn2)cc1C#Cc1cnc2c(N(C(=O)OC(C)(C)C)C(=O)OC(C)(C)C)cccn12. The van der Waals surface area contributed by atoms with Crippen LogP contribution in [0.3, 0.4) is 0 Å². The number of ketones is 3. The number of aryl methyl sites for hydroxylation is 4. The van der Waals surface area contributed by atoms with Crippen molar-refractivity contribution >= 4 is 69.5 Å². The molecule has 0 saturated heterocycles. The van der Waals surface area contributed by atoms with Crippen molar-refractivity contribution in [2.24, 2.45) is 0 Å². The van der Waals surface area contributed by atoms with Gasteiger partial charge < -0.3 is 24.4 Å². The van der Waals surface area contributed by atoms with Crippen molar-refractivity contribution in [3.05, 3.63) is 396 Å². The number of alkyl halides is 12. The highest BCUT2D eigenvalue weighted by Gasteiger charge is 2.39. The summed E-state index contributed by atoms with van der Waals surface area (Å²) in [5, 5.41) is 11.3. The van der Waals surface area contributed by atoms with E-state index in [1.54, 1.807) is 144 Å². The lowest BCUT2D eigenvalue weighted by molar-refractivity contribution is -0.139. The lowest BCUT2D eigenvalue weighted by Gasteiger charge is -2.28. The van der Waals surface area contributed by atoms with E-state index < -0.39 is 81.8 Å². The van der Waals surface area contributed by atoms with Crippen molar-refractivity contribution in [1.82, 2.24) is 52.4 Å². The number of imidazole rings is 4. The normalized spacial score (nSPS) is 11.4. The van der Waals surface area contributed by atoms with Gasteiger partial charge in [-0.2, -0.15) is 62.8 Å². The summed E-state index contributed by atoms with van der Waals surface area (Å²) >= 11 is 0. The largest absolute Gasteiger partial charge is 0.493 e. The number of nitrogens with zero attached hydrogens (tertiary/aromatic N) is 13. The van der Waals surface area contributed by atoms with Gasteiger partial charge in [0.05, 0.1) is 71.7 Å². The van der Waals surface area contributed by atoms with Crippen LogP contribution in [-0.4, -0.2) is 125 Å². The Hall–Kier alpha value is -17.8. The molecular weight excluding hydrogens is 1950 g/mol. The monoisotopic (exact) mass is 2040 g/mol. The molecule has 35 heteroatoms. The Morgan fingerprint density at radius 3 is 1.23 bits per heavy atom. The number of carbonyl (C=O) groups is 6. The number of nitrogens with one attached hydrogen (secondary N) is 1. The van der Waals surface area contributed by atoms with Crippen molar-refractivity contribution in [3.8, 4) is 59.2 Å². The van der Waals surface area contributed by atoms with Crippen LogP contribution in [0, 0.1) is 86.4 Å². The number of rotatable bonds is 19. The molecule has 0 atom stereocenters. The van der Waals surface area contributed by atoms with E-state index in [2.05, 4.69) is 87.5 Å². The molecule has 0 unspecified atom stereocenters. The van der Waals surface area contributed by atoms with Gasteiger partial charge in [0.15, 0.2) is 23.0 Å². The molecule has 0 bridgehead atoms. The first-order valence-electron chi connectivity index (χ1n) is 46.7. The molecule has 1 N–H and O–H groups in total. The van der Waals surface area contributed by atoms with Gasteiger partial charge in [0.1, 0.15) is 68.2 Å². The molecule has 0 spiro atoms. The molecule has 0 aliphatic carbocycles. The second kappa shape index (κ2) is 47.2. The molecule has 0 fully saturated rings. The Morgan fingerprint density at radius 1 is 0.393 bits per heavy atom. The van der Waals surface area contributed by atoms with Crippen molar-refractivity contribution < 1.29 is 95.7 Å². The van der Waals surface area contributed by atoms with Crippen LogP contribution < -0.4 is 15.0 Å². The number of Topliss-reactive ketones (excluding diaryl/α,β-unsaturated/α-hetero) is 3. The van der Waals surface area contributed by atoms with E-state index in [0.29, 0.717) is 68.1 Å². The van der Waals surface area contributed by atoms with Crippen molar-refractivity contribution in [2.45, 2.75) is 145 Å². The van der Waals surface area contributed by atoms with E-state index in [9.17, 15) is 81.5 Å². The van der Waals surface area contributed by atoms with Crippen molar-refractivity contribution in [1.29, 1.82) is 5.26 Å². The minimum Gasteiger partial charge on any atom is -0.493 e. The molecule has 6 aromatic carbocycles. The van der Waals surface area contributed by atoms with Crippen molar-refractivity contribution in [2.75, 3.05) is 36.5 Å². The zero-order valence-corrected chi connectivity index (χ0v) is 83.0. The number of benzene rings is 6. The van der Waals surface area contributed by atoms with Gasteiger partial charge in [0, 0.05) is 107 Å². The summed E-state index contributed by atoms with van der Waals surface area (Å²) < 4.78 is 183. The number of hydrogen-bond donors (Lipinski definition) is 1. The quantitative estimate of drug-likeness (QED) is 0.0341. The Kier molecular flexibility index (Phi) is 34.4. The molecule has 764 valence electrons. The molecule has 3 amide bonds. The Labute approximate surface area is 855 Å². The first kappa shape index (κ1) is 109. The van der Waals surface area contributed by atoms with Crippen molar-refractivity contribution in [3.63, 3.8) is 0 Å². The van der Waals surface area contributed by atoms with E-state index in [-0.39, 0.29) is 88.5 Å². The van der Waals surface area contributed by atoms with Gasteiger partial charge in [-0.15, -0.1) is 0 Å². The topological polar surface area (TPSA) is 267 Å². The average Bonchev–Trinajstić information content (AvgIpc) is 1.59. The zero-order valence-electron chi connectivity index (χ0n) is 83.0. The third kappa shape index (κ3) is 28.9. The summed E-state index contributed by atoms with van der Waals surface area (Å²) in [4.78, 5) is 106. The molecule has 0 radical (unpaired) electrons. The number of pyridine rings is 6. The van der Waals surface area contributed by atoms with E-state index in [4.69, 9.17) is 19.5 Å². The molecule has 0 saturated carbocycles. The number of ether oxygens (including phenoxy) is 3. The number of imide groups is 1. The van der Waals surface area contributed by atoms with Crippen LogP contribution in [0.5, 0.6) is 5.75 Å². The number of nitriles is 1. The summed E-state index contributed by atoms with van der Waals surface area (Å²) in [7, 11) is 0. The molecular formula is C115H96F12N14O9. The summed E-state index contributed by atoms with van der Waals surface area (Å²) in [5.74, 6) is 22.4. The number of aromatic nitrogens is 10. The van der Waals surface area contributed by atoms with E-state index >= 15 is 0 Å². The van der Waals surface area contributed by atoms with Crippen LogP contribution in [0.25, 0.3) is 22.6 Å². The van der Waals surface area contributed by atoms with Gasteiger partial charge in [-0.05, 0) is 273 Å². The van der Waals surface area contributed by atoms with Gasteiger partial charge in [-0.3, -0.25) is 41.8 Å². The molecule has 10 heterocycles. The lowest BCUT2D eigenvalue weighted by Crippen LogP contribution is -2.44. The van der Waals surface area contributed by atoms with Gasteiger partial charge in [0.25, 0.3) is 5.91 Å². The van der Waals surface area contributed by atoms with Gasteiger partial charge in [0.2, 0.25) is 0 Å². The highest BCUT2D eigenvalue weighted by atomic mass is 19.4. The lowest BCUT2D eigenvalue weighted by atomic mass is 9.96. The van der Waals surface area contributed by atoms with Gasteiger partial charge in [-0.1, -0.05) is 110 Å². The standard InChI is InChI=1S/C33H32F3N5O5.C32H32F3N3O2.C26H16F3N3O.C24H16F3N3O/c1-20-10-11-22(28(42)39-26-18-23(14-15-37-26)33(34,35)36)17-21(20)12-13-24-19-38-27-25(9-8-16-40(24)27)41(29(43)45-31(2,3)4)30(44)46-32(5,6)7;1-4-37(5-2)16-8-18-40-30-15-11-24(19-28(30)32(33,34)35)20-29(39)26-12-10-23(3)25(21-26)13-14-27-22-36-31-9-6-7-17-38(27)31;1-17-5-7-20(14-19(17)9-10-22-16-31-25-4-2-3-11-32(22)25)24(33)13-18-6-8-21(15-30)23(12-18)26(27,28)29;1-16-5-6-18(22(31)14-20-13-19(9-10-28-20)24(25,26)27)12-17(16)7-8-21-15-29-23-4-2-3-11-30(21)23/h8-11,14-19H,1-7H3,(H,37,39,42);6-7,9-12,15,17,19,21-22H,4-5,8,16,18,20H2,1-3H3;2-8,11-12,14,16H,13H2,1H3;2-6,9-13,15H,14H2,1H3. The number of amides is 3. The molecule has 16 aromatic rings. The molecule has 150 heavy (non-hydrogen) atoms. The molecule has 0 aliphatic rings. The minimum absolute atomic E-state index is 0.0683. The first-order chi connectivity index (χ1) is 71.1. The number of anilines is 2. The third-order valence-electron chi connectivity index (χ3n) is 22.8. The second-order valence-electron chi connectivity index (χ2n) is 36.1. The molecule has 0 aliphatic heterocycles. The second-order valence-corrected chi connectivity index (χ2v) is 36.1. The predicted molar refractivity (Wildman–Crippen MR) is 540 cm³/mol. The maximum Gasteiger partial charge on any atom is 0.424 e. The fourth-order valence-electron chi connectivity index (χ4n) is 15.0. The molecule has 23 nitrogen and oxygen atoms in total. The highest BCUT2D eigenvalue weighted by Crippen LogP contribution is 2.39. The smallest absolute Gasteiger partial charge is 0.424 e. The van der Waals surface area contributed by atoms with Crippen LogP contribution in [0.15, 0.2) is 262 Å².